The maximum atomic E-state index is 12.5. The molecule has 0 fully saturated rings. The van der Waals surface area contributed by atoms with E-state index in [4.69, 9.17) is 16.3 Å². The third kappa shape index (κ3) is 6.21. The molecule has 30 heavy (non-hydrogen) atoms. The van der Waals surface area contributed by atoms with Gasteiger partial charge < -0.3 is 10.1 Å². The number of halogens is 1. The minimum absolute atomic E-state index is 0.121. The first-order chi connectivity index (χ1) is 14.0. The maximum Gasteiger partial charge on any atom is 0.339 e. The lowest BCUT2D eigenvalue weighted by atomic mass is 10.0. The zero-order valence-electron chi connectivity index (χ0n) is 17.3. The molecule has 7 nitrogen and oxygen atoms in total. The standard InChI is InChI=1S/C21H25ClN2O5S/c1-5-29-21(26)18-11-8-16(12-19(18)22)23-20(25)13-24(30(4,27)28)17-9-6-15(7-10-17)14(2)3/h6-12,14H,5,13H2,1-4H3,(H,23,25). The molecule has 0 aliphatic carbocycles. The van der Waals surface area contributed by atoms with Crippen molar-refractivity contribution in [1.82, 2.24) is 0 Å². The van der Waals surface area contributed by atoms with Crippen LogP contribution in [-0.4, -0.2) is 39.7 Å². The van der Waals surface area contributed by atoms with E-state index in [1.165, 1.54) is 18.2 Å². The number of hydrogen-bond donors (Lipinski definition) is 1. The molecule has 0 radical (unpaired) electrons. The molecule has 0 heterocycles. The number of carbonyl (C=O) groups is 2. The molecule has 0 aliphatic heterocycles. The third-order valence-corrected chi connectivity index (χ3v) is 5.74. The summed E-state index contributed by atoms with van der Waals surface area (Å²) in [5, 5.41) is 2.72. The van der Waals surface area contributed by atoms with Crippen molar-refractivity contribution in [3.63, 3.8) is 0 Å². The van der Waals surface area contributed by atoms with Crippen LogP contribution in [-0.2, 0) is 19.6 Å². The highest BCUT2D eigenvalue weighted by molar-refractivity contribution is 7.92. The number of ether oxygens (including phenoxy) is 1. The molecule has 162 valence electrons. The largest absolute Gasteiger partial charge is 0.462 e. The molecule has 0 unspecified atom stereocenters. The molecule has 9 heteroatoms. The zero-order chi connectivity index (χ0) is 22.5. The highest BCUT2D eigenvalue weighted by Gasteiger charge is 2.21. The van der Waals surface area contributed by atoms with Crippen molar-refractivity contribution in [2.24, 2.45) is 0 Å². The summed E-state index contributed by atoms with van der Waals surface area (Å²) in [4.78, 5) is 24.3. The number of rotatable bonds is 8. The van der Waals surface area contributed by atoms with Gasteiger partial charge in [0, 0.05) is 5.69 Å². The molecule has 0 saturated heterocycles. The number of hydrogen-bond acceptors (Lipinski definition) is 5. The van der Waals surface area contributed by atoms with Gasteiger partial charge in [-0.1, -0.05) is 37.6 Å². The Balaban J connectivity index is 2.17. The monoisotopic (exact) mass is 452 g/mol. The molecule has 1 amide bonds. The van der Waals surface area contributed by atoms with Crippen molar-refractivity contribution in [2.45, 2.75) is 26.7 Å². The van der Waals surface area contributed by atoms with Crippen LogP contribution in [0.15, 0.2) is 42.5 Å². The smallest absolute Gasteiger partial charge is 0.339 e. The molecule has 1 N–H and O–H groups in total. The van der Waals surface area contributed by atoms with Crippen LogP contribution in [0.1, 0.15) is 42.6 Å². The van der Waals surface area contributed by atoms with Gasteiger partial charge in [0.2, 0.25) is 15.9 Å². The number of carbonyl (C=O) groups excluding carboxylic acids is 2. The average Bonchev–Trinajstić information content (AvgIpc) is 2.65. The third-order valence-electron chi connectivity index (χ3n) is 4.28. The summed E-state index contributed by atoms with van der Waals surface area (Å²) in [5.41, 5.74) is 1.97. The molecule has 2 rings (SSSR count). The number of nitrogens with one attached hydrogen (secondary N) is 1. The number of esters is 1. The van der Waals surface area contributed by atoms with Crippen LogP contribution in [0, 0.1) is 0 Å². The van der Waals surface area contributed by atoms with E-state index >= 15 is 0 Å². The van der Waals surface area contributed by atoms with Crippen LogP contribution < -0.4 is 9.62 Å². The van der Waals surface area contributed by atoms with Gasteiger partial charge in [-0.15, -0.1) is 0 Å². The Labute approximate surface area is 182 Å². The van der Waals surface area contributed by atoms with Gasteiger partial charge in [0.15, 0.2) is 0 Å². The van der Waals surface area contributed by atoms with Gasteiger partial charge in [0.25, 0.3) is 0 Å². The summed E-state index contributed by atoms with van der Waals surface area (Å²) in [5.74, 6) is -0.807. The second-order valence-corrected chi connectivity index (χ2v) is 9.29. The minimum Gasteiger partial charge on any atom is -0.462 e. The fraction of sp³-hybridized carbons (Fsp3) is 0.333. The van der Waals surface area contributed by atoms with Gasteiger partial charge in [0.1, 0.15) is 6.54 Å². The van der Waals surface area contributed by atoms with Crippen LogP contribution >= 0.6 is 11.6 Å². The lowest BCUT2D eigenvalue weighted by Crippen LogP contribution is -2.37. The van der Waals surface area contributed by atoms with Crippen LogP contribution in [0.4, 0.5) is 11.4 Å². The summed E-state index contributed by atoms with van der Waals surface area (Å²) in [6.45, 7) is 5.57. The minimum atomic E-state index is -3.69. The number of nitrogens with zero attached hydrogens (tertiary/aromatic N) is 1. The molecule has 2 aromatic rings. The van der Waals surface area contributed by atoms with E-state index in [-0.39, 0.29) is 17.2 Å². The second-order valence-electron chi connectivity index (χ2n) is 6.98. The Morgan fingerprint density at radius 2 is 1.77 bits per heavy atom. The second kappa shape index (κ2) is 9.95. The van der Waals surface area contributed by atoms with E-state index in [2.05, 4.69) is 5.32 Å². The zero-order valence-corrected chi connectivity index (χ0v) is 18.9. The highest BCUT2D eigenvalue weighted by Crippen LogP contribution is 2.24. The van der Waals surface area contributed by atoms with Crippen molar-refractivity contribution >= 4 is 44.9 Å². The maximum absolute atomic E-state index is 12.5. The molecule has 0 atom stereocenters. The fourth-order valence-corrected chi connectivity index (χ4v) is 3.84. The number of benzene rings is 2. The van der Waals surface area contributed by atoms with Crippen molar-refractivity contribution in [3.8, 4) is 0 Å². The summed E-state index contributed by atoms with van der Waals surface area (Å²) in [6, 6.07) is 11.4. The molecule has 0 aromatic heterocycles. The van der Waals surface area contributed by atoms with Gasteiger partial charge in [-0.05, 0) is 48.7 Å². The van der Waals surface area contributed by atoms with Gasteiger partial charge in [-0.3, -0.25) is 9.10 Å². The summed E-state index contributed by atoms with van der Waals surface area (Å²) in [6.07, 6.45) is 1.04. The highest BCUT2D eigenvalue weighted by atomic mass is 35.5. The molecule has 0 saturated carbocycles. The van der Waals surface area contributed by atoms with Crippen LogP contribution in [0.2, 0.25) is 5.02 Å². The topological polar surface area (TPSA) is 92.8 Å². The first kappa shape index (κ1) is 23.7. The number of amides is 1. The van der Waals surface area contributed by atoms with Crippen LogP contribution in [0.25, 0.3) is 0 Å². The average molecular weight is 453 g/mol. The van der Waals surface area contributed by atoms with E-state index in [1.54, 1.807) is 19.1 Å². The van der Waals surface area contributed by atoms with Gasteiger partial charge in [-0.2, -0.15) is 0 Å². The van der Waals surface area contributed by atoms with Crippen molar-refractivity contribution in [3.05, 3.63) is 58.6 Å². The summed E-state index contributed by atoms with van der Waals surface area (Å²) >= 11 is 6.10. The Hall–Kier alpha value is -2.58. The lowest BCUT2D eigenvalue weighted by Gasteiger charge is -2.22. The van der Waals surface area contributed by atoms with E-state index in [0.717, 1.165) is 16.1 Å². The van der Waals surface area contributed by atoms with Crippen LogP contribution in [0.3, 0.4) is 0 Å². The van der Waals surface area contributed by atoms with E-state index in [1.807, 2.05) is 26.0 Å². The van der Waals surface area contributed by atoms with E-state index in [9.17, 15) is 18.0 Å². The molecular weight excluding hydrogens is 428 g/mol. The van der Waals surface area contributed by atoms with Crippen molar-refractivity contribution in [2.75, 3.05) is 29.0 Å². The lowest BCUT2D eigenvalue weighted by molar-refractivity contribution is -0.114. The number of sulfonamides is 1. The Bertz CT molecular complexity index is 1020. The number of anilines is 2. The molecule has 2 aromatic carbocycles. The first-order valence-corrected chi connectivity index (χ1v) is 11.6. The van der Waals surface area contributed by atoms with Crippen molar-refractivity contribution in [1.29, 1.82) is 0 Å². The molecule has 0 spiro atoms. The Kier molecular flexibility index (Phi) is 7.86. The summed E-state index contributed by atoms with van der Waals surface area (Å²) in [7, 11) is -3.69. The van der Waals surface area contributed by atoms with Crippen molar-refractivity contribution < 1.29 is 22.7 Å². The molecular formula is C21H25ClN2O5S. The van der Waals surface area contributed by atoms with E-state index < -0.39 is 28.4 Å². The van der Waals surface area contributed by atoms with Gasteiger partial charge in [0.05, 0.1) is 29.1 Å². The Morgan fingerprint density at radius 3 is 2.27 bits per heavy atom. The normalized spacial score (nSPS) is 11.3. The molecule has 0 bridgehead atoms. The van der Waals surface area contributed by atoms with Crippen LogP contribution in [0.5, 0.6) is 0 Å². The van der Waals surface area contributed by atoms with Gasteiger partial charge in [-0.25, -0.2) is 13.2 Å². The predicted octanol–water partition coefficient (Wildman–Crippen LogP) is 4.04. The Morgan fingerprint density at radius 1 is 1.13 bits per heavy atom. The SMILES string of the molecule is CCOC(=O)c1ccc(NC(=O)CN(c2ccc(C(C)C)cc2)S(C)(=O)=O)cc1Cl. The summed E-state index contributed by atoms with van der Waals surface area (Å²) < 4.78 is 30.4. The predicted molar refractivity (Wildman–Crippen MR) is 119 cm³/mol. The van der Waals surface area contributed by atoms with E-state index in [0.29, 0.717) is 17.3 Å². The molecule has 0 aliphatic rings. The first-order valence-electron chi connectivity index (χ1n) is 9.37. The van der Waals surface area contributed by atoms with Gasteiger partial charge >= 0.3 is 5.97 Å². The fourth-order valence-electron chi connectivity index (χ4n) is 2.72. The quantitative estimate of drug-likeness (QED) is 0.610.